The lowest BCUT2D eigenvalue weighted by molar-refractivity contribution is 0.0315. The molecule has 0 aromatic heterocycles. The topological polar surface area (TPSA) is 29.5 Å². The maximum atomic E-state index is 13.8. The summed E-state index contributed by atoms with van der Waals surface area (Å²) in [6.45, 7) is 2.38. The summed E-state index contributed by atoms with van der Waals surface area (Å²) in [4.78, 5) is 14.3. The van der Waals surface area contributed by atoms with E-state index in [2.05, 4.69) is 33.0 Å². The highest BCUT2D eigenvalue weighted by atomic mass is 79.9. The van der Waals surface area contributed by atoms with E-state index in [-0.39, 0.29) is 11.7 Å². The Balaban J connectivity index is 1.56. The fourth-order valence-electron chi connectivity index (χ4n) is 2.75. The third-order valence-electron chi connectivity index (χ3n) is 3.90. The van der Waals surface area contributed by atoms with E-state index < -0.39 is 11.8 Å². The molecule has 3 nitrogen and oxygen atoms in total. The summed E-state index contributed by atoms with van der Waals surface area (Å²) in [6, 6.07) is 14.5. The van der Waals surface area contributed by atoms with Gasteiger partial charge in [0.25, 0.3) is 0 Å². The number of benzene rings is 2. The molecule has 0 spiro atoms. The summed E-state index contributed by atoms with van der Waals surface area (Å²) in [5, 5.41) is 0. The minimum absolute atomic E-state index is 0.0188. The van der Waals surface area contributed by atoms with E-state index in [0.717, 1.165) is 19.5 Å². The standard InChI is InChI=1S/C18H17BrFNO2/c19-14-6-7-16(17(20)10-14)18(22)23-15-8-9-21(12-15)11-13-4-2-1-3-5-13/h1-7,10,15H,8-9,11-12H2/t15-/m1/s1. The van der Waals surface area contributed by atoms with Gasteiger partial charge in [0.2, 0.25) is 0 Å². The van der Waals surface area contributed by atoms with Gasteiger partial charge in [0.1, 0.15) is 11.9 Å². The molecular weight excluding hydrogens is 361 g/mol. The highest BCUT2D eigenvalue weighted by Crippen LogP contribution is 2.20. The molecule has 0 N–H and O–H groups in total. The van der Waals surface area contributed by atoms with E-state index in [0.29, 0.717) is 11.0 Å². The van der Waals surface area contributed by atoms with Crippen molar-refractivity contribution in [2.24, 2.45) is 0 Å². The summed E-state index contributed by atoms with van der Waals surface area (Å²) in [6.07, 6.45) is 0.589. The van der Waals surface area contributed by atoms with Crippen LogP contribution >= 0.6 is 15.9 Å². The molecule has 23 heavy (non-hydrogen) atoms. The summed E-state index contributed by atoms with van der Waals surface area (Å²) in [5.41, 5.74) is 1.22. The Kier molecular flexibility index (Phi) is 5.08. The number of likely N-dealkylation sites (tertiary alicyclic amines) is 1. The number of rotatable bonds is 4. The predicted octanol–water partition coefficient (Wildman–Crippen LogP) is 4.02. The molecule has 5 heteroatoms. The number of carbonyl (C=O) groups is 1. The van der Waals surface area contributed by atoms with E-state index in [9.17, 15) is 9.18 Å². The second kappa shape index (κ2) is 7.23. The van der Waals surface area contributed by atoms with Gasteiger partial charge in [0.15, 0.2) is 0 Å². The van der Waals surface area contributed by atoms with Crippen molar-refractivity contribution in [1.82, 2.24) is 4.90 Å². The van der Waals surface area contributed by atoms with E-state index in [4.69, 9.17) is 4.74 Å². The van der Waals surface area contributed by atoms with Crippen molar-refractivity contribution < 1.29 is 13.9 Å². The molecule has 1 atom stereocenters. The van der Waals surface area contributed by atoms with Gasteiger partial charge < -0.3 is 4.74 Å². The molecule has 0 amide bonds. The zero-order valence-corrected chi connectivity index (χ0v) is 14.1. The van der Waals surface area contributed by atoms with Gasteiger partial charge in [-0.05, 0) is 30.2 Å². The van der Waals surface area contributed by atoms with Crippen molar-refractivity contribution in [3.05, 3.63) is 69.9 Å². The first kappa shape index (κ1) is 16.1. The Hall–Kier alpha value is -1.72. The molecule has 0 radical (unpaired) electrons. The normalized spacial score (nSPS) is 18.1. The molecule has 120 valence electrons. The fourth-order valence-corrected chi connectivity index (χ4v) is 3.08. The second-order valence-corrected chi connectivity index (χ2v) is 6.58. The van der Waals surface area contributed by atoms with Gasteiger partial charge in [0, 0.05) is 24.1 Å². The SMILES string of the molecule is O=C(O[C@@H]1CCN(Cc2ccccc2)C1)c1ccc(Br)cc1F. The minimum Gasteiger partial charge on any atom is -0.457 e. The quantitative estimate of drug-likeness (QED) is 0.753. The number of ether oxygens (including phenoxy) is 1. The van der Waals surface area contributed by atoms with E-state index in [1.807, 2.05) is 18.2 Å². The number of nitrogens with zero attached hydrogens (tertiary/aromatic N) is 1. The van der Waals surface area contributed by atoms with E-state index in [1.54, 1.807) is 6.07 Å². The Morgan fingerprint density at radius 2 is 2.04 bits per heavy atom. The first-order valence-corrected chi connectivity index (χ1v) is 8.33. The van der Waals surface area contributed by atoms with Crippen LogP contribution in [0.3, 0.4) is 0 Å². The van der Waals surface area contributed by atoms with Gasteiger partial charge in [-0.2, -0.15) is 0 Å². The van der Waals surface area contributed by atoms with Gasteiger partial charge >= 0.3 is 5.97 Å². The molecule has 0 unspecified atom stereocenters. The second-order valence-electron chi connectivity index (χ2n) is 5.66. The average Bonchev–Trinajstić information content (AvgIpc) is 2.95. The van der Waals surface area contributed by atoms with Crippen LogP contribution < -0.4 is 0 Å². The van der Waals surface area contributed by atoms with Crippen LogP contribution in [-0.4, -0.2) is 30.1 Å². The van der Waals surface area contributed by atoms with Crippen molar-refractivity contribution in [3.63, 3.8) is 0 Å². The number of esters is 1. The third-order valence-corrected chi connectivity index (χ3v) is 4.40. The molecule has 0 saturated carbocycles. The summed E-state index contributed by atoms with van der Waals surface area (Å²) in [7, 11) is 0. The lowest BCUT2D eigenvalue weighted by atomic mass is 10.2. The molecule has 2 aromatic rings. The molecule has 0 aliphatic carbocycles. The molecular formula is C18H17BrFNO2. The van der Waals surface area contributed by atoms with E-state index >= 15 is 0 Å². The maximum absolute atomic E-state index is 13.8. The monoisotopic (exact) mass is 377 g/mol. The van der Waals surface area contributed by atoms with Crippen molar-refractivity contribution in [2.45, 2.75) is 19.1 Å². The first-order chi connectivity index (χ1) is 11.1. The smallest absolute Gasteiger partial charge is 0.341 e. The van der Waals surface area contributed by atoms with Crippen LogP contribution in [0.15, 0.2) is 53.0 Å². The van der Waals surface area contributed by atoms with Crippen molar-refractivity contribution in [2.75, 3.05) is 13.1 Å². The maximum Gasteiger partial charge on any atom is 0.341 e. The number of hydrogen-bond donors (Lipinski definition) is 0. The summed E-state index contributed by atoms with van der Waals surface area (Å²) >= 11 is 3.17. The van der Waals surface area contributed by atoms with Gasteiger partial charge in [-0.15, -0.1) is 0 Å². The Labute approximate surface area is 143 Å². The van der Waals surface area contributed by atoms with Crippen LogP contribution in [0.1, 0.15) is 22.3 Å². The average molecular weight is 378 g/mol. The highest BCUT2D eigenvalue weighted by molar-refractivity contribution is 9.10. The van der Waals surface area contributed by atoms with Gasteiger partial charge in [-0.3, -0.25) is 4.90 Å². The lowest BCUT2D eigenvalue weighted by Gasteiger charge is -2.16. The van der Waals surface area contributed by atoms with Crippen LogP contribution in [0.5, 0.6) is 0 Å². The first-order valence-electron chi connectivity index (χ1n) is 7.54. The third kappa shape index (κ3) is 4.18. The van der Waals surface area contributed by atoms with Crippen LogP contribution in [0, 0.1) is 5.82 Å². The predicted molar refractivity (Wildman–Crippen MR) is 89.6 cm³/mol. The highest BCUT2D eigenvalue weighted by Gasteiger charge is 2.26. The Morgan fingerprint density at radius 1 is 1.26 bits per heavy atom. The Bertz CT molecular complexity index is 693. The van der Waals surface area contributed by atoms with E-state index in [1.165, 1.54) is 17.7 Å². The van der Waals surface area contributed by atoms with Crippen LogP contribution in [0.4, 0.5) is 4.39 Å². The van der Waals surface area contributed by atoms with Crippen LogP contribution in [0.25, 0.3) is 0 Å². The summed E-state index contributed by atoms with van der Waals surface area (Å²) < 4.78 is 19.8. The lowest BCUT2D eigenvalue weighted by Crippen LogP contribution is -2.25. The molecule has 0 bridgehead atoms. The van der Waals surface area contributed by atoms with Crippen LogP contribution in [0.2, 0.25) is 0 Å². The molecule has 1 saturated heterocycles. The molecule has 1 fully saturated rings. The zero-order chi connectivity index (χ0) is 16.2. The van der Waals surface area contributed by atoms with Crippen molar-refractivity contribution >= 4 is 21.9 Å². The van der Waals surface area contributed by atoms with Gasteiger partial charge in [0.05, 0.1) is 5.56 Å². The Morgan fingerprint density at radius 3 is 2.78 bits per heavy atom. The molecule has 1 aliphatic rings. The fraction of sp³-hybridized carbons (Fsp3) is 0.278. The van der Waals surface area contributed by atoms with Crippen molar-refractivity contribution in [1.29, 1.82) is 0 Å². The number of halogens is 2. The largest absolute Gasteiger partial charge is 0.457 e. The molecule has 1 heterocycles. The molecule has 1 aliphatic heterocycles. The number of carbonyl (C=O) groups excluding carboxylic acids is 1. The molecule has 3 rings (SSSR count). The van der Waals surface area contributed by atoms with Gasteiger partial charge in [-0.25, -0.2) is 9.18 Å². The molecule has 2 aromatic carbocycles. The zero-order valence-electron chi connectivity index (χ0n) is 12.5. The minimum atomic E-state index is -0.596. The summed E-state index contributed by atoms with van der Waals surface area (Å²) in [5.74, 6) is -1.16. The number of hydrogen-bond acceptors (Lipinski definition) is 3. The van der Waals surface area contributed by atoms with Crippen molar-refractivity contribution in [3.8, 4) is 0 Å². The van der Waals surface area contributed by atoms with Crippen LogP contribution in [-0.2, 0) is 11.3 Å². The van der Waals surface area contributed by atoms with Gasteiger partial charge in [-0.1, -0.05) is 46.3 Å².